The minimum atomic E-state index is -0.650. The molecule has 0 aliphatic rings. The summed E-state index contributed by atoms with van der Waals surface area (Å²) in [4.78, 5) is 20.5. The number of hydrogen-bond donors (Lipinski definition) is 1. The van der Waals surface area contributed by atoms with Crippen molar-refractivity contribution in [1.82, 2.24) is 15.3 Å². The number of rotatable bonds is 8. The molecule has 1 rings (SSSR count). The topological polar surface area (TPSA) is 64.1 Å². The van der Waals surface area contributed by atoms with Gasteiger partial charge in [0.15, 0.2) is 5.16 Å². The monoisotopic (exact) mass is 297 g/mol. The van der Waals surface area contributed by atoms with Gasteiger partial charge in [-0.25, -0.2) is 9.97 Å². The first-order valence-electron chi connectivity index (χ1n) is 6.85. The second-order valence-corrected chi connectivity index (χ2v) is 5.79. The van der Waals surface area contributed by atoms with E-state index in [4.69, 9.17) is 4.74 Å². The fourth-order valence-corrected chi connectivity index (χ4v) is 2.69. The predicted molar refractivity (Wildman–Crippen MR) is 80.8 cm³/mol. The van der Waals surface area contributed by atoms with Crippen LogP contribution in [0.5, 0.6) is 0 Å². The fourth-order valence-electron chi connectivity index (χ4n) is 1.74. The molecule has 112 valence electrons. The smallest absolute Gasteiger partial charge is 0.326 e. The average Bonchev–Trinajstić information content (AvgIpc) is 2.41. The normalized spacial score (nSPS) is 13.8. The van der Waals surface area contributed by atoms with Crippen molar-refractivity contribution >= 4 is 17.7 Å². The van der Waals surface area contributed by atoms with Crippen molar-refractivity contribution in [3.05, 3.63) is 18.0 Å². The van der Waals surface area contributed by atoms with E-state index in [0.717, 1.165) is 23.0 Å². The van der Waals surface area contributed by atoms with Crippen LogP contribution >= 0.6 is 11.8 Å². The highest BCUT2D eigenvalue weighted by Crippen LogP contribution is 2.20. The lowest BCUT2D eigenvalue weighted by molar-refractivity contribution is -0.150. The van der Waals surface area contributed by atoms with E-state index in [1.54, 1.807) is 24.2 Å². The van der Waals surface area contributed by atoms with E-state index in [-0.39, 0.29) is 5.97 Å². The van der Waals surface area contributed by atoms with E-state index in [1.165, 1.54) is 0 Å². The minimum absolute atomic E-state index is 0.202. The van der Waals surface area contributed by atoms with Gasteiger partial charge in [0, 0.05) is 18.1 Å². The van der Waals surface area contributed by atoms with Crippen LogP contribution in [0.3, 0.4) is 0 Å². The number of aromatic nitrogens is 2. The van der Waals surface area contributed by atoms with E-state index >= 15 is 0 Å². The second-order valence-electron chi connectivity index (χ2n) is 4.72. The van der Waals surface area contributed by atoms with Crippen LogP contribution in [0.25, 0.3) is 0 Å². The highest BCUT2D eigenvalue weighted by atomic mass is 32.2. The molecule has 0 bridgehead atoms. The van der Waals surface area contributed by atoms with Crippen molar-refractivity contribution in [3.8, 4) is 0 Å². The zero-order valence-electron chi connectivity index (χ0n) is 12.6. The number of carbonyl (C=O) groups is 1. The number of hydrogen-bond acceptors (Lipinski definition) is 6. The van der Waals surface area contributed by atoms with Crippen LogP contribution in [0.2, 0.25) is 0 Å². The number of thioether (sulfide) groups is 1. The van der Waals surface area contributed by atoms with Gasteiger partial charge in [-0.05, 0) is 39.3 Å². The molecule has 0 aromatic carbocycles. The van der Waals surface area contributed by atoms with Gasteiger partial charge in [-0.15, -0.1) is 0 Å². The van der Waals surface area contributed by atoms with E-state index in [0.29, 0.717) is 13.0 Å². The van der Waals surface area contributed by atoms with Crippen LogP contribution in [0.15, 0.2) is 17.6 Å². The van der Waals surface area contributed by atoms with E-state index < -0.39 is 5.54 Å². The highest BCUT2D eigenvalue weighted by Gasteiger charge is 2.33. The molecule has 0 saturated carbocycles. The van der Waals surface area contributed by atoms with Crippen molar-refractivity contribution in [1.29, 1.82) is 0 Å². The lowest BCUT2D eigenvalue weighted by Crippen LogP contribution is -2.50. The van der Waals surface area contributed by atoms with E-state index in [1.807, 2.05) is 27.7 Å². The maximum Gasteiger partial charge on any atom is 0.326 e. The van der Waals surface area contributed by atoms with Crippen LogP contribution < -0.4 is 5.32 Å². The van der Waals surface area contributed by atoms with Crippen LogP contribution in [-0.2, 0) is 9.53 Å². The summed E-state index contributed by atoms with van der Waals surface area (Å²) in [6.45, 7) is 8.75. The van der Waals surface area contributed by atoms with E-state index in [9.17, 15) is 4.79 Å². The van der Waals surface area contributed by atoms with Gasteiger partial charge < -0.3 is 10.1 Å². The maximum absolute atomic E-state index is 12.0. The van der Waals surface area contributed by atoms with Gasteiger partial charge in [0.05, 0.1) is 6.61 Å². The lowest BCUT2D eigenvalue weighted by Gasteiger charge is -2.27. The molecule has 1 aromatic heterocycles. The number of nitrogens with one attached hydrogen (secondary N) is 1. The second kappa shape index (κ2) is 8.21. The first kappa shape index (κ1) is 16.9. The standard InChI is InChI=1S/C14H23N3O2S/c1-5-17-14(4,12(18)19-6-2)7-8-20-13-15-9-11(3)10-16-13/h9-10,17H,5-8H2,1-4H3. The number of nitrogens with zero attached hydrogens (tertiary/aromatic N) is 2. The van der Waals surface area contributed by atoms with Crippen molar-refractivity contribution in [2.75, 3.05) is 18.9 Å². The Bertz CT molecular complexity index is 425. The summed E-state index contributed by atoms with van der Waals surface area (Å²) in [6.07, 6.45) is 4.26. The van der Waals surface area contributed by atoms with Crippen LogP contribution in [0.4, 0.5) is 0 Å². The number of carbonyl (C=O) groups excluding carboxylic acids is 1. The van der Waals surface area contributed by atoms with Gasteiger partial charge in [0.25, 0.3) is 0 Å². The summed E-state index contributed by atoms with van der Waals surface area (Å²) in [7, 11) is 0. The predicted octanol–water partition coefficient (Wildman–Crippen LogP) is 2.20. The van der Waals surface area contributed by atoms with Crippen molar-refractivity contribution in [3.63, 3.8) is 0 Å². The van der Waals surface area contributed by atoms with E-state index in [2.05, 4.69) is 15.3 Å². The van der Waals surface area contributed by atoms with Gasteiger partial charge in [0.1, 0.15) is 5.54 Å². The molecule has 1 atom stereocenters. The molecular weight excluding hydrogens is 274 g/mol. The zero-order chi connectivity index (χ0) is 15.0. The third-order valence-corrected chi connectivity index (χ3v) is 3.76. The highest BCUT2D eigenvalue weighted by molar-refractivity contribution is 7.99. The first-order valence-corrected chi connectivity index (χ1v) is 7.84. The molecule has 20 heavy (non-hydrogen) atoms. The average molecular weight is 297 g/mol. The molecular formula is C14H23N3O2S. The molecule has 6 heteroatoms. The van der Waals surface area contributed by atoms with Gasteiger partial charge in [-0.1, -0.05) is 18.7 Å². The van der Waals surface area contributed by atoms with Gasteiger partial charge >= 0.3 is 5.97 Å². The zero-order valence-corrected chi connectivity index (χ0v) is 13.4. The Kier molecular flexibility index (Phi) is 6.95. The Morgan fingerprint density at radius 3 is 2.60 bits per heavy atom. The number of likely N-dealkylation sites (N-methyl/N-ethyl adjacent to an activating group) is 1. The number of esters is 1. The van der Waals surface area contributed by atoms with Gasteiger partial charge in [-0.2, -0.15) is 0 Å². The van der Waals surface area contributed by atoms with Gasteiger partial charge in [0.2, 0.25) is 0 Å². The Balaban J connectivity index is 2.54. The minimum Gasteiger partial charge on any atom is -0.465 e. The van der Waals surface area contributed by atoms with Crippen molar-refractivity contribution in [2.24, 2.45) is 0 Å². The quantitative estimate of drug-likeness (QED) is 0.451. The van der Waals surface area contributed by atoms with Crippen LogP contribution in [0, 0.1) is 6.92 Å². The third-order valence-electron chi connectivity index (χ3n) is 2.88. The molecule has 1 unspecified atom stereocenters. The number of ether oxygens (including phenoxy) is 1. The van der Waals surface area contributed by atoms with Crippen LogP contribution in [0.1, 0.15) is 32.8 Å². The molecule has 0 radical (unpaired) electrons. The molecule has 0 fully saturated rings. The summed E-state index contributed by atoms with van der Waals surface area (Å²) in [5, 5.41) is 3.94. The fraction of sp³-hybridized carbons (Fsp3) is 0.643. The first-order chi connectivity index (χ1) is 9.51. The Labute approximate surface area is 124 Å². The largest absolute Gasteiger partial charge is 0.465 e. The summed E-state index contributed by atoms with van der Waals surface area (Å²) < 4.78 is 5.14. The molecule has 5 nitrogen and oxygen atoms in total. The summed E-state index contributed by atoms with van der Waals surface area (Å²) >= 11 is 1.55. The molecule has 0 spiro atoms. The molecule has 0 aliphatic heterocycles. The molecule has 1 heterocycles. The summed E-state index contributed by atoms with van der Waals surface area (Å²) in [5.74, 6) is 0.554. The summed E-state index contributed by atoms with van der Waals surface area (Å²) in [6, 6.07) is 0. The molecule has 1 aromatic rings. The Morgan fingerprint density at radius 2 is 2.05 bits per heavy atom. The van der Waals surface area contributed by atoms with Crippen LogP contribution in [-0.4, -0.2) is 40.4 Å². The SMILES string of the molecule is CCNC(C)(CCSc1ncc(C)cn1)C(=O)OCC. The maximum atomic E-state index is 12.0. The van der Waals surface area contributed by atoms with Gasteiger partial charge in [-0.3, -0.25) is 4.79 Å². The molecule has 1 N–H and O–H groups in total. The molecule has 0 aliphatic carbocycles. The third kappa shape index (κ3) is 5.09. The number of aryl methyl sites for hydroxylation is 1. The Hall–Kier alpha value is -1.14. The van der Waals surface area contributed by atoms with Crippen molar-refractivity contribution < 1.29 is 9.53 Å². The molecule has 0 saturated heterocycles. The van der Waals surface area contributed by atoms with Crippen molar-refractivity contribution in [2.45, 2.75) is 44.8 Å². The molecule has 0 amide bonds. The summed E-state index contributed by atoms with van der Waals surface area (Å²) in [5.41, 5.74) is 0.390. The Morgan fingerprint density at radius 1 is 1.40 bits per heavy atom. The lowest BCUT2D eigenvalue weighted by atomic mass is 9.99.